The number of furan rings is 1. The zero-order chi connectivity index (χ0) is 20.6. The fraction of sp³-hybridized carbons (Fsp3) is 0.286. The fourth-order valence-electron chi connectivity index (χ4n) is 3.55. The van der Waals surface area contributed by atoms with Crippen LogP contribution in [0.25, 0.3) is 11.0 Å². The van der Waals surface area contributed by atoms with Gasteiger partial charge in [-0.05, 0) is 62.2 Å². The first-order chi connectivity index (χ1) is 13.9. The van der Waals surface area contributed by atoms with E-state index in [9.17, 15) is 17.6 Å². The Balaban J connectivity index is 1.65. The maximum Gasteiger partial charge on any atom is 0.291 e. The number of rotatable bonds is 4. The lowest BCUT2D eigenvalue weighted by Gasteiger charge is -2.25. The fourth-order valence-corrected chi connectivity index (χ4v) is 5.10. The van der Waals surface area contributed by atoms with E-state index < -0.39 is 21.7 Å². The van der Waals surface area contributed by atoms with Crippen LogP contribution in [0.4, 0.5) is 10.1 Å². The minimum absolute atomic E-state index is 0.0943. The van der Waals surface area contributed by atoms with Crippen molar-refractivity contribution in [3.05, 3.63) is 59.6 Å². The van der Waals surface area contributed by atoms with E-state index in [0.717, 1.165) is 19.3 Å². The maximum atomic E-state index is 13.0. The van der Waals surface area contributed by atoms with Gasteiger partial charge in [-0.3, -0.25) is 4.79 Å². The number of anilines is 1. The minimum Gasteiger partial charge on any atom is -0.451 e. The molecule has 1 aromatic heterocycles. The highest BCUT2D eigenvalue weighted by molar-refractivity contribution is 7.89. The molecule has 1 N–H and O–H groups in total. The molecule has 1 aliphatic rings. The van der Waals surface area contributed by atoms with Crippen molar-refractivity contribution in [3.63, 3.8) is 0 Å². The maximum absolute atomic E-state index is 13.0. The Morgan fingerprint density at radius 3 is 2.45 bits per heavy atom. The Labute approximate surface area is 168 Å². The molecule has 0 atom stereocenters. The Hall–Kier alpha value is -2.71. The van der Waals surface area contributed by atoms with Crippen molar-refractivity contribution in [1.29, 1.82) is 0 Å². The summed E-state index contributed by atoms with van der Waals surface area (Å²) in [5.41, 5.74) is 1.42. The van der Waals surface area contributed by atoms with Crippen LogP contribution in [0.2, 0.25) is 0 Å². The Morgan fingerprint density at radius 1 is 1.07 bits per heavy atom. The van der Waals surface area contributed by atoms with Gasteiger partial charge in [0, 0.05) is 29.7 Å². The van der Waals surface area contributed by atoms with E-state index in [-0.39, 0.29) is 10.7 Å². The van der Waals surface area contributed by atoms with Gasteiger partial charge in [0.05, 0.1) is 4.90 Å². The van der Waals surface area contributed by atoms with Crippen LogP contribution >= 0.6 is 0 Å². The van der Waals surface area contributed by atoms with Gasteiger partial charge in [0.2, 0.25) is 10.0 Å². The lowest BCUT2D eigenvalue weighted by Crippen LogP contribution is -2.35. The molecule has 1 amide bonds. The van der Waals surface area contributed by atoms with Crippen molar-refractivity contribution in [1.82, 2.24) is 4.31 Å². The van der Waals surface area contributed by atoms with E-state index >= 15 is 0 Å². The predicted molar refractivity (Wildman–Crippen MR) is 108 cm³/mol. The molecule has 3 aromatic rings. The molecule has 0 radical (unpaired) electrons. The highest BCUT2D eigenvalue weighted by Crippen LogP contribution is 2.30. The van der Waals surface area contributed by atoms with Crippen molar-refractivity contribution in [3.8, 4) is 0 Å². The number of piperidine rings is 1. The molecule has 0 unspecified atom stereocenters. The topological polar surface area (TPSA) is 79.6 Å². The highest BCUT2D eigenvalue weighted by Gasteiger charge is 2.27. The molecule has 0 bridgehead atoms. The predicted octanol–water partition coefficient (Wildman–Crippen LogP) is 4.31. The number of hydrogen-bond acceptors (Lipinski definition) is 4. The molecular weight excluding hydrogens is 395 g/mol. The van der Waals surface area contributed by atoms with Crippen molar-refractivity contribution >= 4 is 32.6 Å². The molecule has 8 heteroatoms. The molecule has 1 saturated heterocycles. The zero-order valence-corrected chi connectivity index (χ0v) is 16.8. The monoisotopic (exact) mass is 416 g/mol. The molecule has 29 heavy (non-hydrogen) atoms. The second-order valence-corrected chi connectivity index (χ2v) is 9.08. The van der Waals surface area contributed by atoms with Gasteiger partial charge in [0.1, 0.15) is 11.4 Å². The number of benzene rings is 2. The van der Waals surface area contributed by atoms with Gasteiger partial charge < -0.3 is 9.73 Å². The van der Waals surface area contributed by atoms with E-state index in [4.69, 9.17) is 4.42 Å². The standard InChI is InChI=1S/C21H21FN2O4S/c1-14-18-13-17(29(26,27)24-11-3-2-4-12-24)9-10-19(18)28-20(14)21(25)23-16-7-5-15(22)6-8-16/h5-10,13H,2-4,11-12H2,1H3,(H,23,25). The van der Waals surface area contributed by atoms with Gasteiger partial charge in [0.25, 0.3) is 5.91 Å². The first kappa shape index (κ1) is 19.6. The van der Waals surface area contributed by atoms with E-state index in [2.05, 4.69) is 5.32 Å². The molecule has 1 aliphatic heterocycles. The van der Waals surface area contributed by atoms with E-state index in [1.54, 1.807) is 19.1 Å². The van der Waals surface area contributed by atoms with Gasteiger partial charge in [-0.15, -0.1) is 0 Å². The van der Waals surface area contributed by atoms with E-state index in [0.29, 0.717) is 35.3 Å². The van der Waals surface area contributed by atoms with Crippen LogP contribution in [0.1, 0.15) is 35.4 Å². The summed E-state index contributed by atoms with van der Waals surface area (Å²) in [5.74, 6) is -0.784. The van der Waals surface area contributed by atoms with Crippen molar-refractivity contribution in [2.75, 3.05) is 18.4 Å². The van der Waals surface area contributed by atoms with Crippen molar-refractivity contribution in [2.24, 2.45) is 0 Å². The summed E-state index contributed by atoms with van der Waals surface area (Å²) in [6.45, 7) is 2.76. The first-order valence-corrected chi connectivity index (χ1v) is 10.9. The summed E-state index contributed by atoms with van der Waals surface area (Å²) in [7, 11) is -3.58. The summed E-state index contributed by atoms with van der Waals surface area (Å²) >= 11 is 0. The second kappa shape index (κ2) is 7.61. The number of aryl methyl sites for hydroxylation is 1. The van der Waals surface area contributed by atoms with E-state index in [1.807, 2.05) is 0 Å². The smallest absolute Gasteiger partial charge is 0.291 e. The van der Waals surface area contributed by atoms with Gasteiger partial charge in [-0.2, -0.15) is 4.31 Å². The molecule has 152 valence electrons. The van der Waals surface area contributed by atoms with Gasteiger partial charge in [0.15, 0.2) is 5.76 Å². The van der Waals surface area contributed by atoms with Gasteiger partial charge in [-0.1, -0.05) is 6.42 Å². The van der Waals surface area contributed by atoms with Crippen LogP contribution in [0.15, 0.2) is 51.8 Å². The highest BCUT2D eigenvalue weighted by atomic mass is 32.2. The van der Waals surface area contributed by atoms with Crippen molar-refractivity contribution < 1.29 is 22.0 Å². The molecular formula is C21H21FN2O4S. The lowest BCUT2D eigenvalue weighted by atomic mass is 10.1. The van der Waals surface area contributed by atoms with Crippen LogP contribution in [0, 0.1) is 12.7 Å². The van der Waals surface area contributed by atoms with E-state index in [1.165, 1.54) is 34.6 Å². The van der Waals surface area contributed by atoms with Crippen LogP contribution in [0.5, 0.6) is 0 Å². The average Bonchev–Trinajstić information content (AvgIpc) is 3.06. The number of carbonyl (C=O) groups is 1. The van der Waals surface area contributed by atoms with Gasteiger partial charge in [-0.25, -0.2) is 12.8 Å². The van der Waals surface area contributed by atoms with Crippen LogP contribution in [0.3, 0.4) is 0 Å². The Morgan fingerprint density at radius 2 is 1.76 bits per heavy atom. The minimum atomic E-state index is -3.58. The van der Waals surface area contributed by atoms with Crippen LogP contribution < -0.4 is 5.32 Å². The van der Waals surface area contributed by atoms with Gasteiger partial charge >= 0.3 is 0 Å². The molecule has 1 fully saturated rings. The number of carbonyl (C=O) groups excluding carboxylic acids is 1. The third-order valence-corrected chi connectivity index (χ3v) is 7.06. The van der Waals surface area contributed by atoms with Crippen LogP contribution in [-0.2, 0) is 10.0 Å². The number of hydrogen-bond donors (Lipinski definition) is 1. The third-order valence-electron chi connectivity index (χ3n) is 5.17. The second-order valence-electron chi connectivity index (χ2n) is 7.14. The number of sulfonamides is 1. The molecule has 4 rings (SSSR count). The molecule has 6 nitrogen and oxygen atoms in total. The molecule has 0 aliphatic carbocycles. The summed E-state index contributed by atoms with van der Waals surface area (Å²) in [6.07, 6.45) is 2.76. The summed E-state index contributed by atoms with van der Waals surface area (Å²) in [5, 5.41) is 3.23. The largest absolute Gasteiger partial charge is 0.451 e. The zero-order valence-electron chi connectivity index (χ0n) is 15.9. The number of fused-ring (bicyclic) bond motifs is 1. The van der Waals surface area contributed by atoms with Crippen LogP contribution in [-0.4, -0.2) is 31.7 Å². The molecule has 2 aromatic carbocycles. The number of nitrogens with one attached hydrogen (secondary N) is 1. The quantitative estimate of drug-likeness (QED) is 0.687. The van der Waals surface area contributed by atoms with Crippen molar-refractivity contribution in [2.45, 2.75) is 31.1 Å². The Bertz CT molecular complexity index is 1160. The summed E-state index contributed by atoms with van der Waals surface area (Å²) < 4.78 is 46.1. The third kappa shape index (κ3) is 3.77. The summed E-state index contributed by atoms with van der Waals surface area (Å²) in [4.78, 5) is 12.8. The summed E-state index contributed by atoms with van der Waals surface area (Å²) in [6, 6.07) is 10.1. The average molecular weight is 416 g/mol. The number of nitrogens with zero attached hydrogens (tertiary/aromatic N) is 1. The SMILES string of the molecule is Cc1c(C(=O)Nc2ccc(F)cc2)oc2ccc(S(=O)(=O)N3CCCCC3)cc12. The number of halogens is 1. The molecule has 0 saturated carbocycles. The first-order valence-electron chi connectivity index (χ1n) is 9.46. The molecule has 0 spiro atoms. The lowest BCUT2D eigenvalue weighted by molar-refractivity contribution is 0.0998. The molecule has 2 heterocycles. The number of amides is 1. The normalized spacial score (nSPS) is 15.5. The Kier molecular flexibility index (Phi) is 5.14.